The van der Waals surface area contributed by atoms with Crippen LogP contribution in [0.5, 0.6) is 0 Å². The van der Waals surface area contributed by atoms with E-state index in [1.807, 2.05) is 36.1 Å². The number of hydrogen-bond acceptors (Lipinski definition) is 4. The minimum atomic E-state index is -0.609. The topological polar surface area (TPSA) is 58.6 Å². The standard InChI is InChI=1S/C16H22N2O3/c1-12-7-3-4-8-13(12)15(16(20)21-2)17-11-14(19)18-9-5-6-10-18/h3-4,7-8,15,17H,5-6,9-11H2,1-2H3/t15-/m0/s1. The number of benzene rings is 1. The van der Waals surface area contributed by atoms with Gasteiger partial charge in [-0.05, 0) is 30.9 Å². The molecule has 0 aromatic heterocycles. The summed E-state index contributed by atoms with van der Waals surface area (Å²) >= 11 is 0. The molecule has 0 unspecified atom stereocenters. The number of likely N-dealkylation sites (tertiary alicyclic amines) is 1. The van der Waals surface area contributed by atoms with Crippen LogP contribution in [0, 0.1) is 6.92 Å². The normalized spacial score (nSPS) is 15.8. The van der Waals surface area contributed by atoms with Gasteiger partial charge in [0.2, 0.25) is 5.91 Å². The number of aryl methyl sites for hydroxylation is 1. The van der Waals surface area contributed by atoms with Crippen molar-refractivity contribution in [3.8, 4) is 0 Å². The van der Waals surface area contributed by atoms with Crippen LogP contribution in [0.4, 0.5) is 0 Å². The third kappa shape index (κ3) is 3.82. The highest BCUT2D eigenvalue weighted by atomic mass is 16.5. The van der Waals surface area contributed by atoms with E-state index in [1.54, 1.807) is 0 Å². The first-order valence-corrected chi connectivity index (χ1v) is 7.28. The molecule has 0 spiro atoms. The molecular formula is C16H22N2O3. The monoisotopic (exact) mass is 290 g/mol. The maximum Gasteiger partial charge on any atom is 0.327 e. The highest BCUT2D eigenvalue weighted by Crippen LogP contribution is 2.18. The molecule has 1 aliphatic heterocycles. The Hall–Kier alpha value is -1.88. The number of nitrogens with zero attached hydrogens (tertiary/aromatic N) is 1. The fraction of sp³-hybridized carbons (Fsp3) is 0.500. The number of hydrogen-bond donors (Lipinski definition) is 1. The number of carbonyl (C=O) groups excluding carboxylic acids is 2. The molecule has 1 heterocycles. The van der Waals surface area contributed by atoms with Gasteiger partial charge in [-0.2, -0.15) is 0 Å². The Kier molecular flexibility index (Phi) is 5.33. The van der Waals surface area contributed by atoms with Crippen LogP contribution in [0.15, 0.2) is 24.3 Å². The van der Waals surface area contributed by atoms with Gasteiger partial charge in [0, 0.05) is 13.1 Å². The number of ether oxygens (including phenoxy) is 1. The van der Waals surface area contributed by atoms with Crippen molar-refractivity contribution < 1.29 is 14.3 Å². The first kappa shape index (κ1) is 15.5. The number of esters is 1. The van der Waals surface area contributed by atoms with Gasteiger partial charge in [0.05, 0.1) is 13.7 Å². The molecule has 1 N–H and O–H groups in total. The minimum absolute atomic E-state index is 0.0370. The zero-order valence-corrected chi connectivity index (χ0v) is 12.6. The van der Waals surface area contributed by atoms with Crippen LogP contribution in [0.2, 0.25) is 0 Å². The Morgan fingerprint density at radius 2 is 1.95 bits per heavy atom. The number of amides is 1. The number of methoxy groups -OCH3 is 1. The number of carbonyl (C=O) groups is 2. The van der Waals surface area contributed by atoms with E-state index >= 15 is 0 Å². The van der Waals surface area contributed by atoms with Gasteiger partial charge in [-0.25, -0.2) is 4.79 Å². The molecule has 114 valence electrons. The molecule has 1 aliphatic rings. The summed E-state index contributed by atoms with van der Waals surface area (Å²) in [6.45, 7) is 3.71. The molecule has 0 radical (unpaired) electrons. The van der Waals surface area contributed by atoms with E-state index in [9.17, 15) is 9.59 Å². The second kappa shape index (κ2) is 7.22. The van der Waals surface area contributed by atoms with Gasteiger partial charge in [0.15, 0.2) is 0 Å². The van der Waals surface area contributed by atoms with Crippen molar-refractivity contribution in [1.29, 1.82) is 0 Å². The van der Waals surface area contributed by atoms with Crippen molar-refractivity contribution in [1.82, 2.24) is 10.2 Å². The minimum Gasteiger partial charge on any atom is -0.468 e. The molecule has 2 rings (SSSR count). The lowest BCUT2D eigenvalue weighted by Gasteiger charge is -2.21. The van der Waals surface area contributed by atoms with Crippen molar-refractivity contribution in [2.45, 2.75) is 25.8 Å². The maximum absolute atomic E-state index is 12.1. The Balaban J connectivity index is 2.05. The van der Waals surface area contributed by atoms with Crippen LogP contribution in [-0.4, -0.2) is 43.5 Å². The van der Waals surface area contributed by atoms with Gasteiger partial charge < -0.3 is 9.64 Å². The average molecular weight is 290 g/mol. The zero-order chi connectivity index (χ0) is 15.2. The van der Waals surface area contributed by atoms with Gasteiger partial charge in [0.1, 0.15) is 6.04 Å². The van der Waals surface area contributed by atoms with Gasteiger partial charge in [0.25, 0.3) is 0 Å². The Morgan fingerprint density at radius 1 is 1.29 bits per heavy atom. The summed E-state index contributed by atoms with van der Waals surface area (Å²) in [5.74, 6) is -0.339. The van der Waals surface area contributed by atoms with E-state index in [-0.39, 0.29) is 18.4 Å². The molecule has 1 saturated heterocycles. The summed E-state index contributed by atoms with van der Waals surface area (Å²) < 4.78 is 4.85. The van der Waals surface area contributed by atoms with Crippen molar-refractivity contribution in [2.75, 3.05) is 26.7 Å². The van der Waals surface area contributed by atoms with Crippen LogP contribution in [0.3, 0.4) is 0 Å². The Bertz CT molecular complexity index is 510. The van der Waals surface area contributed by atoms with E-state index in [2.05, 4.69) is 5.32 Å². The zero-order valence-electron chi connectivity index (χ0n) is 12.6. The molecule has 1 aromatic rings. The summed E-state index contributed by atoms with van der Waals surface area (Å²) in [6, 6.07) is 7.01. The predicted molar refractivity (Wildman–Crippen MR) is 79.8 cm³/mol. The van der Waals surface area contributed by atoms with Gasteiger partial charge in [-0.1, -0.05) is 24.3 Å². The molecule has 0 aliphatic carbocycles. The van der Waals surface area contributed by atoms with Gasteiger partial charge >= 0.3 is 5.97 Å². The van der Waals surface area contributed by atoms with E-state index in [1.165, 1.54) is 7.11 Å². The summed E-state index contributed by atoms with van der Waals surface area (Å²) in [7, 11) is 1.36. The number of nitrogens with one attached hydrogen (secondary N) is 1. The van der Waals surface area contributed by atoms with E-state index in [0.717, 1.165) is 37.1 Å². The molecule has 1 fully saturated rings. The van der Waals surface area contributed by atoms with Crippen LogP contribution in [0.1, 0.15) is 30.0 Å². The molecular weight excluding hydrogens is 268 g/mol. The molecule has 5 heteroatoms. The van der Waals surface area contributed by atoms with Crippen molar-refractivity contribution >= 4 is 11.9 Å². The number of rotatable bonds is 5. The second-order valence-electron chi connectivity index (χ2n) is 5.28. The highest BCUT2D eigenvalue weighted by molar-refractivity contribution is 5.81. The second-order valence-corrected chi connectivity index (χ2v) is 5.28. The molecule has 5 nitrogen and oxygen atoms in total. The third-order valence-corrected chi connectivity index (χ3v) is 3.85. The molecule has 21 heavy (non-hydrogen) atoms. The Morgan fingerprint density at radius 3 is 2.57 bits per heavy atom. The van der Waals surface area contributed by atoms with E-state index < -0.39 is 6.04 Å². The fourth-order valence-electron chi connectivity index (χ4n) is 2.62. The van der Waals surface area contributed by atoms with Crippen molar-refractivity contribution in [2.24, 2.45) is 0 Å². The molecule has 0 saturated carbocycles. The molecule has 1 amide bonds. The van der Waals surface area contributed by atoms with Crippen molar-refractivity contribution in [3.05, 3.63) is 35.4 Å². The molecule has 0 bridgehead atoms. The lowest BCUT2D eigenvalue weighted by Crippen LogP contribution is -2.40. The Labute approximate surface area is 125 Å². The smallest absolute Gasteiger partial charge is 0.327 e. The lowest BCUT2D eigenvalue weighted by molar-refractivity contribution is -0.143. The van der Waals surface area contributed by atoms with Crippen molar-refractivity contribution in [3.63, 3.8) is 0 Å². The van der Waals surface area contributed by atoms with Gasteiger partial charge in [-0.3, -0.25) is 10.1 Å². The first-order valence-electron chi connectivity index (χ1n) is 7.28. The quantitative estimate of drug-likeness (QED) is 0.833. The molecule has 1 aromatic carbocycles. The van der Waals surface area contributed by atoms with Crippen LogP contribution in [0.25, 0.3) is 0 Å². The third-order valence-electron chi connectivity index (χ3n) is 3.85. The van der Waals surface area contributed by atoms with Crippen LogP contribution >= 0.6 is 0 Å². The SMILES string of the molecule is COC(=O)[C@@H](NCC(=O)N1CCCC1)c1ccccc1C. The average Bonchev–Trinajstić information content (AvgIpc) is 3.03. The van der Waals surface area contributed by atoms with E-state index in [4.69, 9.17) is 4.74 Å². The van der Waals surface area contributed by atoms with E-state index in [0.29, 0.717) is 0 Å². The fourth-order valence-corrected chi connectivity index (χ4v) is 2.62. The molecule has 1 atom stereocenters. The highest BCUT2D eigenvalue weighted by Gasteiger charge is 2.25. The summed E-state index contributed by atoms with van der Waals surface area (Å²) in [4.78, 5) is 25.9. The summed E-state index contributed by atoms with van der Waals surface area (Å²) in [5.41, 5.74) is 1.84. The van der Waals surface area contributed by atoms with Crippen LogP contribution in [-0.2, 0) is 14.3 Å². The largest absolute Gasteiger partial charge is 0.468 e. The first-order chi connectivity index (χ1) is 10.1. The predicted octanol–water partition coefficient (Wildman–Crippen LogP) is 1.42. The van der Waals surface area contributed by atoms with Crippen LogP contribution < -0.4 is 5.32 Å². The lowest BCUT2D eigenvalue weighted by atomic mass is 10.0. The van der Waals surface area contributed by atoms with Gasteiger partial charge in [-0.15, -0.1) is 0 Å². The summed E-state index contributed by atoms with van der Waals surface area (Å²) in [6.07, 6.45) is 2.12. The maximum atomic E-state index is 12.1. The summed E-state index contributed by atoms with van der Waals surface area (Å²) in [5, 5.41) is 3.04.